The van der Waals surface area contributed by atoms with E-state index in [4.69, 9.17) is 0 Å². The molecule has 1 aromatic carbocycles. The van der Waals surface area contributed by atoms with Crippen LogP contribution in [0.1, 0.15) is 26.3 Å². The Kier molecular flexibility index (Phi) is 4.60. The van der Waals surface area contributed by atoms with Crippen LogP contribution in [0, 0.1) is 11.2 Å². The van der Waals surface area contributed by atoms with Crippen LogP contribution in [0.15, 0.2) is 18.2 Å². The Morgan fingerprint density at radius 1 is 1.36 bits per heavy atom. The van der Waals surface area contributed by atoms with Crippen LogP contribution in [0.2, 0.25) is 0 Å². The minimum Gasteiger partial charge on any atom is -0.465 e. The Bertz CT molecular complexity index is 557. The molecule has 0 aliphatic carbocycles. The summed E-state index contributed by atoms with van der Waals surface area (Å²) in [6, 6.07) is 4.17. The number of aliphatic hydroxyl groups is 1. The molecule has 0 radical (unpaired) electrons. The number of benzene rings is 1. The monoisotopic (exact) mass is 310 g/mol. The zero-order valence-corrected chi connectivity index (χ0v) is 13.2. The third-order valence-electron chi connectivity index (χ3n) is 4.18. The lowest BCUT2D eigenvalue weighted by molar-refractivity contribution is 0.0747. The van der Waals surface area contributed by atoms with Crippen molar-refractivity contribution in [1.29, 1.82) is 0 Å². The van der Waals surface area contributed by atoms with Gasteiger partial charge in [-0.3, -0.25) is 0 Å². The average molecular weight is 310 g/mol. The Labute approximate surface area is 130 Å². The molecule has 122 valence electrons. The number of aliphatic hydroxyl groups excluding tert-OH is 1. The molecule has 0 saturated carbocycles. The fourth-order valence-corrected chi connectivity index (χ4v) is 2.96. The van der Waals surface area contributed by atoms with Crippen molar-refractivity contribution in [3.8, 4) is 0 Å². The molecule has 0 spiro atoms. The smallest absolute Gasteiger partial charge is 0.407 e. The first-order valence-electron chi connectivity index (χ1n) is 7.38. The fourth-order valence-electron chi connectivity index (χ4n) is 2.96. The number of carbonyl (C=O) groups is 1. The first kappa shape index (κ1) is 16.5. The maximum absolute atomic E-state index is 13.3. The lowest BCUT2D eigenvalue weighted by Crippen LogP contribution is -2.59. The van der Waals surface area contributed by atoms with Crippen LogP contribution < -0.4 is 4.90 Å². The third-order valence-corrected chi connectivity index (χ3v) is 4.18. The van der Waals surface area contributed by atoms with Gasteiger partial charge in [0.15, 0.2) is 0 Å². The van der Waals surface area contributed by atoms with Crippen molar-refractivity contribution in [3.63, 3.8) is 0 Å². The summed E-state index contributed by atoms with van der Waals surface area (Å²) < 4.78 is 13.3. The summed E-state index contributed by atoms with van der Waals surface area (Å²) in [5.74, 6) is -0.385. The van der Waals surface area contributed by atoms with E-state index in [1.807, 2.05) is 25.7 Å². The number of carboxylic acid groups (broad SMARTS) is 1. The van der Waals surface area contributed by atoms with Crippen molar-refractivity contribution in [2.75, 3.05) is 24.5 Å². The van der Waals surface area contributed by atoms with Gasteiger partial charge in [0, 0.05) is 30.9 Å². The molecule has 1 aliphatic rings. The van der Waals surface area contributed by atoms with E-state index in [0.717, 1.165) is 5.69 Å². The lowest BCUT2D eigenvalue weighted by Gasteiger charge is -2.47. The van der Waals surface area contributed by atoms with Crippen molar-refractivity contribution in [2.24, 2.45) is 5.41 Å². The Morgan fingerprint density at radius 2 is 2.05 bits per heavy atom. The van der Waals surface area contributed by atoms with E-state index in [1.54, 1.807) is 6.07 Å². The van der Waals surface area contributed by atoms with Crippen LogP contribution in [-0.2, 0) is 6.61 Å². The van der Waals surface area contributed by atoms with Crippen molar-refractivity contribution >= 4 is 11.8 Å². The minimum absolute atomic E-state index is 0.171. The molecule has 22 heavy (non-hydrogen) atoms. The van der Waals surface area contributed by atoms with Crippen molar-refractivity contribution in [2.45, 2.75) is 33.4 Å². The van der Waals surface area contributed by atoms with Gasteiger partial charge in [0.2, 0.25) is 0 Å². The van der Waals surface area contributed by atoms with Gasteiger partial charge in [0.05, 0.1) is 12.6 Å². The highest BCUT2D eigenvalue weighted by molar-refractivity contribution is 5.66. The highest BCUT2D eigenvalue weighted by Crippen LogP contribution is 2.31. The van der Waals surface area contributed by atoms with E-state index in [0.29, 0.717) is 25.2 Å². The molecule has 1 heterocycles. The van der Waals surface area contributed by atoms with Gasteiger partial charge in [-0.2, -0.15) is 0 Å². The van der Waals surface area contributed by atoms with Gasteiger partial charge >= 0.3 is 6.09 Å². The number of hydrogen-bond donors (Lipinski definition) is 2. The van der Waals surface area contributed by atoms with E-state index in [2.05, 4.69) is 0 Å². The molecule has 1 unspecified atom stereocenters. The highest BCUT2D eigenvalue weighted by Gasteiger charge is 2.38. The molecule has 1 atom stereocenters. The largest absolute Gasteiger partial charge is 0.465 e. The zero-order chi connectivity index (χ0) is 16.5. The fraction of sp³-hybridized carbons (Fsp3) is 0.562. The van der Waals surface area contributed by atoms with E-state index in [1.165, 1.54) is 17.0 Å². The predicted molar refractivity (Wildman–Crippen MR) is 82.5 cm³/mol. The Morgan fingerprint density at radius 3 is 2.59 bits per heavy atom. The molecule has 1 fully saturated rings. The molecule has 2 N–H and O–H groups in total. The Hall–Kier alpha value is -1.82. The molecule has 1 aliphatic heterocycles. The van der Waals surface area contributed by atoms with Gasteiger partial charge in [-0.05, 0) is 23.6 Å². The van der Waals surface area contributed by atoms with E-state index in [9.17, 15) is 19.4 Å². The van der Waals surface area contributed by atoms with Crippen LogP contribution in [0.4, 0.5) is 14.9 Å². The maximum atomic E-state index is 13.3. The van der Waals surface area contributed by atoms with Crippen molar-refractivity contribution in [3.05, 3.63) is 29.6 Å². The van der Waals surface area contributed by atoms with E-state index < -0.39 is 6.09 Å². The molecule has 2 rings (SSSR count). The summed E-state index contributed by atoms with van der Waals surface area (Å²) in [4.78, 5) is 14.9. The van der Waals surface area contributed by atoms with Gasteiger partial charge in [0.25, 0.3) is 0 Å². The quantitative estimate of drug-likeness (QED) is 0.881. The Balaban J connectivity index is 2.30. The molecule has 1 aromatic rings. The first-order valence-corrected chi connectivity index (χ1v) is 7.38. The SMILES string of the molecule is CC(C)(C)C1CN(c2ccc(F)cc2CO)CCN1C(=O)O. The number of halogens is 1. The summed E-state index contributed by atoms with van der Waals surface area (Å²) in [6.45, 7) is 7.22. The summed E-state index contributed by atoms with van der Waals surface area (Å²) in [7, 11) is 0. The normalized spacial score (nSPS) is 19.4. The number of piperazine rings is 1. The minimum atomic E-state index is -0.916. The van der Waals surface area contributed by atoms with Gasteiger partial charge in [-0.1, -0.05) is 20.8 Å². The summed E-state index contributed by atoms with van der Waals surface area (Å²) in [5.41, 5.74) is 1.08. The van der Waals surface area contributed by atoms with Gasteiger partial charge in [0.1, 0.15) is 5.82 Å². The maximum Gasteiger partial charge on any atom is 0.407 e. The highest BCUT2D eigenvalue weighted by atomic mass is 19.1. The topological polar surface area (TPSA) is 64.0 Å². The average Bonchev–Trinajstić information content (AvgIpc) is 2.45. The number of amides is 1. The van der Waals surface area contributed by atoms with Crippen LogP contribution in [0.5, 0.6) is 0 Å². The summed E-state index contributed by atoms with van der Waals surface area (Å²) in [6.07, 6.45) is -0.916. The third kappa shape index (κ3) is 3.32. The van der Waals surface area contributed by atoms with Gasteiger partial charge < -0.3 is 20.0 Å². The molecular formula is C16H23FN2O3. The van der Waals surface area contributed by atoms with E-state index >= 15 is 0 Å². The van der Waals surface area contributed by atoms with Crippen LogP contribution >= 0.6 is 0 Å². The van der Waals surface area contributed by atoms with Crippen molar-refractivity contribution < 1.29 is 19.4 Å². The lowest BCUT2D eigenvalue weighted by atomic mass is 9.84. The van der Waals surface area contributed by atoms with Crippen LogP contribution in [-0.4, -0.2) is 46.9 Å². The molecule has 5 nitrogen and oxygen atoms in total. The number of anilines is 1. The molecule has 0 bridgehead atoms. The van der Waals surface area contributed by atoms with Gasteiger partial charge in [-0.15, -0.1) is 0 Å². The second-order valence-corrected chi connectivity index (χ2v) is 6.73. The number of hydrogen-bond acceptors (Lipinski definition) is 3. The number of rotatable bonds is 2. The molecule has 1 saturated heterocycles. The molecule has 6 heteroatoms. The molecule has 1 amide bonds. The first-order chi connectivity index (χ1) is 10.2. The second-order valence-electron chi connectivity index (χ2n) is 6.73. The van der Waals surface area contributed by atoms with Crippen LogP contribution in [0.25, 0.3) is 0 Å². The second kappa shape index (κ2) is 6.12. The van der Waals surface area contributed by atoms with Crippen molar-refractivity contribution in [1.82, 2.24) is 4.90 Å². The molecule has 0 aromatic heterocycles. The standard InChI is InChI=1S/C16H23FN2O3/c1-16(2,3)14-9-18(6-7-19(14)15(21)22)13-5-4-12(17)8-11(13)10-20/h4-5,8,14,20H,6-7,9-10H2,1-3H3,(H,21,22). The van der Waals surface area contributed by atoms with Crippen LogP contribution in [0.3, 0.4) is 0 Å². The summed E-state index contributed by atoms with van der Waals surface area (Å²) in [5, 5.41) is 18.8. The molecular weight excluding hydrogens is 287 g/mol. The van der Waals surface area contributed by atoms with E-state index in [-0.39, 0.29) is 23.9 Å². The number of nitrogens with zero attached hydrogens (tertiary/aromatic N) is 2. The summed E-state index contributed by atoms with van der Waals surface area (Å²) >= 11 is 0. The predicted octanol–water partition coefficient (Wildman–Crippen LogP) is 2.53. The van der Waals surface area contributed by atoms with Gasteiger partial charge in [-0.25, -0.2) is 9.18 Å². The zero-order valence-electron chi connectivity index (χ0n) is 13.2.